The summed E-state index contributed by atoms with van der Waals surface area (Å²) in [7, 11) is 0. The Morgan fingerprint density at radius 2 is 2.09 bits per heavy atom. The van der Waals surface area contributed by atoms with Gasteiger partial charge in [-0.2, -0.15) is 0 Å². The van der Waals surface area contributed by atoms with Crippen molar-refractivity contribution in [2.75, 3.05) is 0 Å². The Morgan fingerprint density at radius 3 is 2.88 bits per heavy atom. The first-order valence-electron chi connectivity index (χ1n) is 9.44. The van der Waals surface area contributed by atoms with Crippen molar-refractivity contribution in [2.24, 2.45) is 0 Å². The van der Waals surface area contributed by atoms with Gasteiger partial charge in [0, 0.05) is 29.8 Å². The van der Waals surface area contributed by atoms with Crippen LogP contribution in [-0.2, 0) is 18.9 Å². The lowest BCUT2D eigenvalue weighted by Crippen LogP contribution is -2.08. The summed E-state index contributed by atoms with van der Waals surface area (Å²) >= 11 is 7.37. The lowest BCUT2D eigenvalue weighted by atomic mass is 10.1. The first-order chi connectivity index (χ1) is 15.5. The number of nitrogens with zero attached hydrogens (tertiary/aromatic N) is 3. The minimum absolute atomic E-state index is 0.0229. The van der Waals surface area contributed by atoms with Crippen molar-refractivity contribution in [3.05, 3.63) is 87.8 Å². The molecular formula is C22H17ClFN3O4S. The summed E-state index contributed by atoms with van der Waals surface area (Å²) in [5.74, 6) is 0.361. The number of benzene rings is 2. The molecule has 2 heterocycles. The zero-order valence-corrected chi connectivity index (χ0v) is 18.2. The van der Waals surface area contributed by atoms with Gasteiger partial charge in [0.15, 0.2) is 22.5 Å². The molecule has 0 aliphatic rings. The lowest BCUT2D eigenvalue weighted by Gasteiger charge is -2.10. The summed E-state index contributed by atoms with van der Waals surface area (Å²) in [6, 6.07) is 10.4. The number of rotatable bonds is 8. The van der Waals surface area contributed by atoms with E-state index >= 15 is 0 Å². The number of halogens is 2. The molecule has 0 radical (unpaired) electrons. The highest BCUT2D eigenvalue weighted by atomic mass is 35.5. The van der Waals surface area contributed by atoms with Crippen molar-refractivity contribution in [2.45, 2.75) is 24.1 Å². The second kappa shape index (κ2) is 9.46. The van der Waals surface area contributed by atoms with Gasteiger partial charge in [-0.05, 0) is 23.8 Å². The summed E-state index contributed by atoms with van der Waals surface area (Å²) < 4.78 is 26.3. The molecule has 0 saturated heterocycles. The number of hydrogen-bond acceptors (Lipinski definition) is 7. The first-order valence-corrected chi connectivity index (χ1v) is 10.8. The van der Waals surface area contributed by atoms with Crippen molar-refractivity contribution < 1.29 is 18.7 Å². The van der Waals surface area contributed by atoms with E-state index < -0.39 is 11.4 Å². The normalized spacial score (nSPS) is 11.1. The Morgan fingerprint density at radius 1 is 1.28 bits per heavy atom. The maximum atomic E-state index is 13.8. The van der Waals surface area contributed by atoms with Gasteiger partial charge in [-0.1, -0.05) is 41.6 Å². The van der Waals surface area contributed by atoms with Gasteiger partial charge >= 0.3 is 5.63 Å². The Labute approximate surface area is 191 Å². The van der Waals surface area contributed by atoms with E-state index in [1.165, 1.54) is 36.0 Å². The van der Waals surface area contributed by atoms with E-state index in [-0.39, 0.29) is 28.7 Å². The van der Waals surface area contributed by atoms with E-state index in [2.05, 4.69) is 16.8 Å². The van der Waals surface area contributed by atoms with Crippen LogP contribution in [0.25, 0.3) is 11.0 Å². The SMILES string of the molecule is C=CCn1c(COc2ccccc2F)nnc1SCc1cc(=O)oc2cc(O)c(Cl)cc12. The molecule has 4 aromatic rings. The zero-order valence-electron chi connectivity index (χ0n) is 16.6. The maximum absolute atomic E-state index is 13.8. The van der Waals surface area contributed by atoms with Crippen LogP contribution in [0.2, 0.25) is 5.02 Å². The highest BCUT2D eigenvalue weighted by Crippen LogP contribution is 2.32. The van der Waals surface area contributed by atoms with Gasteiger partial charge in [0.05, 0.1) is 5.02 Å². The van der Waals surface area contributed by atoms with Crippen molar-refractivity contribution in [1.29, 1.82) is 0 Å². The summed E-state index contributed by atoms with van der Waals surface area (Å²) in [5.41, 5.74) is 0.364. The standard InChI is InChI=1S/C22H17ClFN3O4S/c1-2-7-27-20(11-30-18-6-4-3-5-16(18)24)25-26-22(27)32-12-13-8-21(29)31-19-10-17(28)15(23)9-14(13)19/h2-6,8-10,28H,1,7,11-12H2. The van der Waals surface area contributed by atoms with Crippen LogP contribution in [0.5, 0.6) is 11.5 Å². The molecule has 164 valence electrons. The van der Waals surface area contributed by atoms with Crippen LogP contribution in [0, 0.1) is 5.82 Å². The molecule has 7 nitrogen and oxygen atoms in total. The average molecular weight is 474 g/mol. The molecule has 0 fully saturated rings. The molecule has 0 spiro atoms. The number of allylic oxidation sites excluding steroid dienone is 1. The molecule has 0 aliphatic carbocycles. The van der Waals surface area contributed by atoms with Crippen LogP contribution in [-0.4, -0.2) is 19.9 Å². The number of para-hydroxylation sites is 1. The Kier molecular flexibility index (Phi) is 6.48. The fraction of sp³-hybridized carbons (Fsp3) is 0.136. The molecule has 1 N–H and O–H groups in total. The van der Waals surface area contributed by atoms with Gasteiger partial charge in [-0.25, -0.2) is 9.18 Å². The number of aromatic nitrogens is 3. The fourth-order valence-electron chi connectivity index (χ4n) is 3.05. The van der Waals surface area contributed by atoms with Crippen molar-refractivity contribution in [3.63, 3.8) is 0 Å². The van der Waals surface area contributed by atoms with Crippen LogP contribution in [0.1, 0.15) is 11.4 Å². The number of aromatic hydroxyl groups is 1. The van der Waals surface area contributed by atoms with Crippen molar-refractivity contribution in [3.8, 4) is 11.5 Å². The van der Waals surface area contributed by atoms with Crippen LogP contribution in [0.3, 0.4) is 0 Å². The Hall–Kier alpha value is -3.30. The van der Waals surface area contributed by atoms with Crippen LogP contribution >= 0.6 is 23.4 Å². The number of ether oxygens (including phenoxy) is 1. The molecule has 0 saturated carbocycles. The maximum Gasteiger partial charge on any atom is 0.336 e. The Bertz CT molecular complexity index is 1360. The van der Waals surface area contributed by atoms with Crippen LogP contribution in [0.4, 0.5) is 4.39 Å². The summed E-state index contributed by atoms with van der Waals surface area (Å²) in [5, 5.41) is 19.5. The van der Waals surface area contributed by atoms with Gasteiger partial charge in [-0.3, -0.25) is 4.57 Å². The molecule has 10 heteroatoms. The van der Waals surface area contributed by atoms with Gasteiger partial charge in [0.2, 0.25) is 0 Å². The number of hydrogen-bond donors (Lipinski definition) is 1. The van der Waals surface area contributed by atoms with Gasteiger partial charge in [-0.15, -0.1) is 16.8 Å². The zero-order chi connectivity index (χ0) is 22.7. The highest BCUT2D eigenvalue weighted by Gasteiger charge is 2.15. The second-order valence-corrected chi connectivity index (χ2v) is 8.05. The highest BCUT2D eigenvalue weighted by molar-refractivity contribution is 7.98. The number of phenolic OH excluding ortho intramolecular Hbond substituents is 1. The molecule has 0 unspecified atom stereocenters. The molecule has 0 atom stereocenters. The quantitative estimate of drug-likeness (QED) is 0.220. The predicted molar refractivity (Wildman–Crippen MR) is 120 cm³/mol. The number of thioether (sulfide) groups is 1. The van der Waals surface area contributed by atoms with Crippen molar-refractivity contribution in [1.82, 2.24) is 14.8 Å². The molecular weight excluding hydrogens is 457 g/mol. The third kappa shape index (κ3) is 4.63. The first kappa shape index (κ1) is 21.9. The largest absolute Gasteiger partial charge is 0.506 e. The molecule has 4 rings (SSSR count). The van der Waals surface area contributed by atoms with Gasteiger partial charge in [0.25, 0.3) is 0 Å². The number of phenols is 1. The molecule has 0 bridgehead atoms. The average Bonchev–Trinajstić information content (AvgIpc) is 3.14. The summed E-state index contributed by atoms with van der Waals surface area (Å²) in [4.78, 5) is 11.9. The van der Waals surface area contributed by atoms with E-state index in [1.54, 1.807) is 28.8 Å². The monoisotopic (exact) mass is 473 g/mol. The minimum Gasteiger partial charge on any atom is -0.506 e. The second-order valence-electron chi connectivity index (χ2n) is 6.70. The molecule has 2 aromatic carbocycles. The van der Waals surface area contributed by atoms with E-state index in [9.17, 15) is 14.3 Å². The predicted octanol–water partition coefficient (Wildman–Crippen LogP) is 4.94. The van der Waals surface area contributed by atoms with E-state index in [0.29, 0.717) is 34.2 Å². The topological polar surface area (TPSA) is 90.4 Å². The molecule has 0 aliphatic heterocycles. The summed E-state index contributed by atoms with van der Waals surface area (Å²) in [6.45, 7) is 4.20. The third-order valence-corrected chi connectivity index (χ3v) is 5.87. The fourth-order valence-corrected chi connectivity index (χ4v) is 4.17. The van der Waals surface area contributed by atoms with Crippen molar-refractivity contribution >= 4 is 34.3 Å². The molecule has 2 aromatic heterocycles. The molecule has 32 heavy (non-hydrogen) atoms. The third-order valence-electron chi connectivity index (χ3n) is 4.55. The minimum atomic E-state index is -0.540. The van der Waals surface area contributed by atoms with E-state index in [0.717, 1.165) is 0 Å². The molecule has 0 amide bonds. The smallest absolute Gasteiger partial charge is 0.336 e. The van der Waals surface area contributed by atoms with Crippen LogP contribution < -0.4 is 10.4 Å². The van der Waals surface area contributed by atoms with Gasteiger partial charge in [0.1, 0.15) is 17.9 Å². The summed E-state index contributed by atoms with van der Waals surface area (Å²) in [6.07, 6.45) is 1.69. The van der Waals surface area contributed by atoms with Gasteiger partial charge < -0.3 is 14.3 Å². The lowest BCUT2D eigenvalue weighted by molar-refractivity contribution is 0.275. The van der Waals surface area contributed by atoms with E-state index in [4.69, 9.17) is 20.8 Å². The van der Waals surface area contributed by atoms with Crippen LogP contribution in [0.15, 0.2) is 69.5 Å². The number of fused-ring (bicyclic) bond motifs is 1. The van der Waals surface area contributed by atoms with E-state index in [1.807, 2.05) is 0 Å². The Balaban J connectivity index is 1.57.